The minimum absolute atomic E-state index is 0.133. The van der Waals surface area contributed by atoms with E-state index in [4.69, 9.17) is 14.3 Å². The van der Waals surface area contributed by atoms with Crippen LogP contribution in [0, 0.1) is 5.92 Å². The largest absolute Gasteiger partial charge is 0.481 e. The van der Waals surface area contributed by atoms with Crippen molar-refractivity contribution in [1.82, 2.24) is 4.90 Å². The Bertz CT molecular complexity index is 426. The van der Waals surface area contributed by atoms with Crippen LogP contribution in [0.5, 0.6) is 0 Å². The third-order valence-electron chi connectivity index (χ3n) is 2.48. The Morgan fingerprint density at radius 2 is 2.17 bits per heavy atom. The summed E-state index contributed by atoms with van der Waals surface area (Å²) < 4.78 is 10.2. The van der Waals surface area contributed by atoms with Gasteiger partial charge < -0.3 is 19.2 Å². The molecule has 1 N–H and O–H groups in total. The Morgan fingerprint density at radius 3 is 2.72 bits per heavy atom. The van der Waals surface area contributed by atoms with E-state index in [0.717, 1.165) is 0 Å². The van der Waals surface area contributed by atoms with E-state index in [-0.39, 0.29) is 18.2 Å². The van der Waals surface area contributed by atoms with Gasteiger partial charge in [0.1, 0.15) is 12.4 Å². The molecule has 0 saturated heterocycles. The molecule has 1 unspecified atom stereocenters. The lowest BCUT2D eigenvalue weighted by Gasteiger charge is -2.18. The number of carboxylic acid groups (broad SMARTS) is 1. The number of carbonyl (C=O) groups is 2. The molecule has 1 aromatic rings. The van der Waals surface area contributed by atoms with Crippen molar-refractivity contribution < 1.29 is 23.8 Å². The molecule has 6 heteroatoms. The zero-order chi connectivity index (χ0) is 13.7. The molecule has 1 atom stereocenters. The molecule has 6 nitrogen and oxygen atoms in total. The molecule has 0 aliphatic heterocycles. The van der Waals surface area contributed by atoms with Gasteiger partial charge in [0.05, 0.1) is 5.92 Å². The minimum Gasteiger partial charge on any atom is -0.481 e. The average Bonchev–Trinajstić information content (AvgIpc) is 2.76. The van der Waals surface area contributed by atoms with Gasteiger partial charge in [0.15, 0.2) is 5.76 Å². The number of hydrogen-bond acceptors (Lipinski definition) is 4. The lowest BCUT2D eigenvalue weighted by atomic mass is 10.2. The second-order valence-electron chi connectivity index (χ2n) is 4.12. The number of methoxy groups -OCH3 is 1. The fourth-order valence-electron chi connectivity index (χ4n) is 1.47. The lowest BCUT2D eigenvalue weighted by molar-refractivity contribution is -0.141. The number of rotatable bonds is 6. The Labute approximate surface area is 105 Å². The maximum Gasteiger partial charge on any atom is 0.308 e. The standard InChI is InChI=1S/C12H17NO5/c1-8(12(15)16)6-13(2)11(14)10-5-4-9(18-10)7-17-3/h4-5,8H,6-7H2,1-3H3,(H,15,16). The number of nitrogens with zero attached hydrogens (tertiary/aromatic N) is 1. The second kappa shape index (κ2) is 6.20. The number of carbonyl (C=O) groups excluding carboxylic acids is 1. The van der Waals surface area contributed by atoms with E-state index in [9.17, 15) is 9.59 Å². The van der Waals surface area contributed by atoms with Gasteiger partial charge in [-0.05, 0) is 12.1 Å². The fraction of sp³-hybridized carbons (Fsp3) is 0.500. The van der Waals surface area contributed by atoms with Gasteiger partial charge in [0.2, 0.25) is 0 Å². The molecule has 0 aliphatic rings. The Hall–Kier alpha value is -1.82. The molecule has 1 aromatic heterocycles. The lowest BCUT2D eigenvalue weighted by Crippen LogP contribution is -2.33. The number of ether oxygens (including phenoxy) is 1. The van der Waals surface area contributed by atoms with Crippen LogP contribution in [0.4, 0.5) is 0 Å². The number of amides is 1. The molecule has 0 radical (unpaired) electrons. The summed E-state index contributed by atoms with van der Waals surface area (Å²) in [4.78, 5) is 24.0. The van der Waals surface area contributed by atoms with Crippen molar-refractivity contribution in [1.29, 1.82) is 0 Å². The highest BCUT2D eigenvalue weighted by atomic mass is 16.5. The molecule has 1 rings (SSSR count). The summed E-state index contributed by atoms with van der Waals surface area (Å²) >= 11 is 0. The van der Waals surface area contributed by atoms with Crippen LogP contribution >= 0.6 is 0 Å². The molecule has 1 amide bonds. The smallest absolute Gasteiger partial charge is 0.308 e. The Kier molecular flexibility index (Phi) is 4.91. The maximum absolute atomic E-state index is 11.9. The zero-order valence-electron chi connectivity index (χ0n) is 10.7. The van der Waals surface area contributed by atoms with Crippen molar-refractivity contribution in [2.75, 3.05) is 20.7 Å². The van der Waals surface area contributed by atoms with Gasteiger partial charge in [-0.25, -0.2) is 0 Å². The Balaban J connectivity index is 2.64. The molecule has 0 aliphatic carbocycles. The first-order valence-corrected chi connectivity index (χ1v) is 5.51. The van der Waals surface area contributed by atoms with Gasteiger partial charge in [-0.1, -0.05) is 6.92 Å². The van der Waals surface area contributed by atoms with Gasteiger partial charge in [-0.15, -0.1) is 0 Å². The molecule has 18 heavy (non-hydrogen) atoms. The number of carboxylic acids is 1. The van der Waals surface area contributed by atoms with Crippen molar-refractivity contribution >= 4 is 11.9 Å². The van der Waals surface area contributed by atoms with Gasteiger partial charge in [-0.3, -0.25) is 9.59 Å². The summed E-state index contributed by atoms with van der Waals surface area (Å²) in [6, 6.07) is 3.21. The van der Waals surface area contributed by atoms with E-state index >= 15 is 0 Å². The molecular weight excluding hydrogens is 238 g/mol. The predicted octanol–water partition coefficient (Wildman–Crippen LogP) is 1.22. The van der Waals surface area contributed by atoms with E-state index in [1.54, 1.807) is 26.1 Å². The summed E-state index contributed by atoms with van der Waals surface area (Å²) in [5.41, 5.74) is 0. The molecule has 0 aromatic carbocycles. The van der Waals surface area contributed by atoms with Crippen LogP contribution in [0.3, 0.4) is 0 Å². The third kappa shape index (κ3) is 3.59. The van der Waals surface area contributed by atoms with Gasteiger partial charge >= 0.3 is 5.97 Å². The van der Waals surface area contributed by atoms with E-state index in [1.165, 1.54) is 12.0 Å². The first-order chi connectivity index (χ1) is 8.45. The van der Waals surface area contributed by atoms with Crippen molar-refractivity contribution in [3.63, 3.8) is 0 Å². The monoisotopic (exact) mass is 255 g/mol. The SMILES string of the molecule is COCc1ccc(C(=O)N(C)CC(C)C(=O)O)o1. The first kappa shape index (κ1) is 14.2. The molecular formula is C12H17NO5. The summed E-state index contributed by atoms with van der Waals surface area (Å²) in [7, 11) is 3.07. The van der Waals surface area contributed by atoms with Crippen LogP contribution in [0.15, 0.2) is 16.5 Å². The van der Waals surface area contributed by atoms with Crippen molar-refractivity contribution in [2.45, 2.75) is 13.5 Å². The fourth-order valence-corrected chi connectivity index (χ4v) is 1.47. The van der Waals surface area contributed by atoms with Crippen LogP contribution in [0.2, 0.25) is 0 Å². The molecule has 0 saturated carbocycles. The predicted molar refractivity (Wildman–Crippen MR) is 63.2 cm³/mol. The van der Waals surface area contributed by atoms with E-state index in [2.05, 4.69) is 0 Å². The van der Waals surface area contributed by atoms with Crippen LogP contribution in [-0.4, -0.2) is 42.6 Å². The van der Waals surface area contributed by atoms with E-state index < -0.39 is 11.9 Å². The molecule has 0 bridgehead atoms. The van der Waals surface area contributed by atoms with Crippen molar-refractivity contribution in [3.8, 4) is 0 Å². The highest BCUT2D eigenvalue weighted by Gasteiger charge is 2.20. The normalized spacial score (nSPS) is 12.2. The minimum atomic E-state index is -0.936. The van der Waals surface area contributed by atoms with Gasteiger partial charge in [0, 0.05) is 20.7 Å². The first-order valence-electron chi connectivity index (χ1n) is 5.51. The van der Waals surface area contributed by atoms with Crippen LogP contribution in [0.25, 0.3) is 0 Å². The third-order valence-corrected chi connectivity index (χ3v) is 2.48. The van der Waals surface area contributed by atoms with Crippen LogP contribution in [-0.2, 0) is 16.1 Å². The van der Waals surface area contributed by atoms with Gasteiger partial charge in [0.25, 0.3) is 5.91 Å². The summed E-state index contributed by atoms with van der Waals surface area (Å²) in [5.74, 6) is -1.16. The molecule has 0 spiro atoms. The zero-order valence-corrected chi connectivity index (χ0v) is 10.7. The topological polar surface area (TPSA) is 80.0 Å². The number of aliphatic carboxylic acids is 1. The molecule has 0 fully saturated rings. The second-order valence-corrected chi connectivity index (χ2v) is 4.12. The van der Waals surface area contributed by atoms with Crippen molar-refractivity contribution in [2.24, 2.45) is 5.92 Å². The van der Waals surface area contributed by atoms with Crippen LogP contribution < -0.4 is 0 Å². The highest BCUT2D eigenvalue weighted by Crippen LogP contribution is 2.12. The highest BCUT2D eigenvalue weighted by molar-refractivity contribution is 5.91. The Morgan fingerprint density at radius 1 is 1.50 bits per heavy atom. The quantitative estimate of drug-likeness (QED) is 0.826. The summed E-state index contributed by atoms with van der Waals surface area (Å²) in [6.07, 6.45) is 0. The average molecular weight is 255 g/mol. The number of furan rings is 1. The number of hydrogen-bond donors (Lipinski definition) is 1. The van der Waals surface area contributed by atoms with Gasteiger partial charge in [-0.2, -0.15) is 0 Å². The summed E-state index contributed by atoms with van der Waals surface area (Å²) in [6.45, 7) is 1.97. The van der Waals surface area contributed by atoms with E-state index in [1.807, 2.05) is 0 Å². The van der Waals surface area contributed by atoms with Crippen molar-refractivity contribution in [3.05, 3.63) is 23.7 Å². The van der Waals surface area contributed by atoms with Crippen LogP contribution in [0.1, 0.15) is 23.2 Å². The van der Waals surface area contributed by atoms with E-state index in [0.29, 0.717) is 12.4 Å². The summed E-state index contributed by atoms with van der Waals surface area (Å²) in [5, 5.41) is 8.78. The molecule has 1 heterocycles. The molecule has 100 valence electrons. The maximum atomic E-state index is 11.9.